The number of halogens is 2. The minimum absolute atomic E-state index is 0.301. The third-order valence-electron chi connectivity index (χ3n) is 3.65. The maximum atomic E-state index is 13.8. The van der Waals surface area contributed by atoms with E-state index in [0.29, 0.717) is 10.7 Å². The lowest BCUT2D eigenvalue weighted by Crippen LogP contribution is -2.01. The molecule has 3 aromatic rings. The maximum Gasteiger partial charge on any atom is 0.212 e. The zero-order valence-electron chi connectivity index (χ0n) is 14.3. The molecule has 0 bridgehead atoms. The number of hydrogen-bond donors (Lipinski definition) is 0. The average molecular weight is 433 g/mol. The van der Waals surface area contributed by atoms with Gasteiger partial charge in [0.25, 0.3) is 0 Å². The van der Waals surface area contributed by atoms with E-state index in [1.54, 1.807) is 34.6 Å². The Morgan fingerprint density at radius 1 is 1.15 bits per heavy atom. The number of aryl methyl sites for hydroxylation is 1. The molecule has 0 fully saturated rings. The van der Waals surface area contributed by atoms with Crippen molar-refractivity contribution in [1.82, 2.24) is 14.9 Å². The van der Waals surface area contributed by atoms with E-state index in [-0.39, 0.29) is 5.82 Å². The molecule has 134 valence electrons. The van der Waals surface area contributed by atoms with Crippen LogP contribution in [0.1, 0.15) is 30.3 Å². The van der Waals surface area contributed by atoms with Crippen LogP contribution in [0.15, 0.2) is 63.3 Å². The fourth-order valence-electron chi connectivity index (χ4n) is 2.31. The summed E-state index contributed by atoms with van der Waals surface area (Å²) in [6, 6.07) is 14.7. The van der Waals surface area contributed by atoms with Crippen molar-refractivity contribution in [2.24, 2.45) is 5.10 Å². The third-order valence-corrected chi connectivity index (χ3v) is 5.17. The second kappa shape index (κ2) is 9.09. The number of rotatable bonds is 7. The number of thioether (sulfide) groups is 1. The van der Waals surface area contributed by atoms with E-state index in [4.69, 9.17) is 0 Å². The number of hydrogen-bond acceptors (Lipinski definition) is 4. The highest BCUT2D eigenvalue weighted by molar-refractivity contribution is 9.10. The molecule has 0 unspecified atom stereocenters. The first kappa shape index (κ1) is 18.8. The molecular weight excluding hydrogens is 415 g/mol. The average Bonchev–Trinajstić information content (AvgIpc) is 3.03. The summed E-state index contributed by atoms with van der Waals surface area (Å²) in [6.45, 7) is 2.08. The summed E-state index contributed by atoms with van der Waals surface area (Å²) >= 11 is 5.00. The molecule has 7 heteroatoms. The topological polar surface area (TPSA) is 43.1 Å². The van der Waals surface area contributed by atoms with Gasteiger partial charge in [-0.25, -0.2) is 4.39 Å². The van der Waals surface area contributed by atoms with Crippen LogP contribution in [0.4, 0.5) is 4.39 Å². The number of nitrogens with zero attached hydrogens (tertiary/aromatic N) is 4. The molecule has 0 radical (unpaired) electrons. The van der Waals surface area contributed by atoms with Crippen LogP contribution < -0.4 is 0 Å². The largest absolute Gasteiger partial charge is 0.212 e. The lowest BCUT2D eigenvalue weighted by atomic mass is 10.2. The van der Waals surface area contributed by atoms with Crippen molar-refractivity contribution in [1.29, 1.82) is 0 Å². The molecule has 2 aromatic carbocycles. The molecule has 1 heterocycles. The van der Waals surface area contributed by atoms with Crippen LogP contribution in [0.3, 0.4) is 0 Å². The Morgan fingerprint density at radius 3 is 2.65 bits per heavy atom. The van der Waals surface area contributed by atoms with E-state index in [0.717, 1.165) is 28.9 Å². The van der Waals surface area contributed by atoms with Gasteiger partial charge in [0.15, 0.2) is 5.82 Å². The zero-order chi connectivity index (χ0) is 18.4. The van der Waals surface area contributed by atoms with Crippen molar-refractivity contribution < 1.29 is 4.39 Å². The Labute approximate surface area is 164 Å². The van der Waals surface area contributed by atoms with Crippen molar-refractivity contribution in [3.63, 3.8) is 0 Å². The molecule has 0 aliphatic carbocycles. The SMILES string of the molecule is CCCc1nnc(SCc2ccc(Br)cc2)n1/N=C\c1ccccc1F. The van der Waals surface area contributed by atoms with Crippen LogP contribution in [0.25, 0.3) is 0 Å². The van der Waals surface area contributed by atoms with E-state index in [1.165, 1.54) is 17.8 Å². The normalized spacial score (nSPS) is 11.3. The fourth-order valence-corrected chi connectivity index (χ4v) is 3.44. The summed E-state index contributed by atoms with van der Waals surface area (Å²) in [6.07, 6.45) is 3.22. The van der Waals surface area contributed by atoms with Crippen LogP contribution in [0, 0.1) is 5.82 Å². The van der Waals surface area contributed by atoms with Crippen molar-refractivity contribution in [2.45, 2.75) is 30.7 Å². The molecule has 0 spiro atoms. The predicted octanol–water partition coefficient (Wildman–Crippen LogP) is 5.31. The molecule has 0 saturated carbocycles. The number of benzene rings is 2. The summed E-state index contributed by atoms with van der Waals surface area (Å²) in [7, 11) is 0. The monoisotopic (exact) mass is 432 g/mol. The predicted molar refractivity (Wildman–Crippen MR) is 107 cm³/mol. The van der Waals surface area contributed by atoms with Gasteiger partial charge < -0.3 is 0 Å². The highest BCUT2D eigenvalue weighted by Crippen LogP contribution is 2.23. The van der Waals surface area contributed by atoms with Crippen LogP contribution in [-0.4, -0.2) is 21.1 Å². The Kier molecular flexibility index (Phi) is 6.57. The van der Waals surface area contributed by atoms with Gasteiger partial charge in [-0.05, 0) is 30.2 Å². The van der Waals surface area contributed by atoms with Crippen LogP contribution in [0.5, 0.6) is 0 Å². The first-order valence-corrected chi connectivity index (χ1v) is 10.1. The van der Waals surface area contributed by atoms with Gasteiger partial charge in [0.05, 0.1) is 6.21 Å². The molecule has 0 N–H and O–H groups in total. The lowest BCUT2D eigenvalue weighted by Gasteiger charge is -2.04. The van der Waals surface area contributed by atoms with E-state index < -0.39 is 0 Å². The van der Waals surface area contributed by atoms with E-state index >= 15 is 0 Å². The van der Waals surface area contributed by atoms with Gasteiger partial charge >= 0.3 is 0 Å². The highest BCUT2D eigenvalue weighted by Gasteiger charge is 2.12. The highest BCUT2D eigenvalue weighted by atomic mass is 79.9. The Morgan fingerprint density at radius 2 is 1.92 bits per heavy atom. The summed E-state index contributed by atoms with van der Waals surface area (Å²) in [5, 5.41) is 13.6. The smallest absolute Gasteiger partial charge is 0.206 e. The van der Waals surface area contributed by atoms with Crippen molar-refractivity contribution in [2.75, 3.05) is 0 Å². The second-order valence-electron chi connectivity index (χ2n) is 5.64. The Balaban J connectivity index is 1.81. The molecule has 0 saturated heterocycles. The summed E-state index contributed by atoms with van der Waals surface area (Å²) in [5.41, 5.74) is 1.62. The molecule has 3 rings (SSSR count). The third kappa shape index (κ3) is 4.80. The molecular formula is C19H18BrFN4S. The first-order chi connectivity index (χ1) is 12.7. The molecule has 0 atom stereocenters. The first-order valence-electron chi connectivity index (χ1n) is 8.27. The fraction of sp³-hybridized carbons (Fsp3) is 0.211. The van der Waals surface area contributed by atoms with Gasteiger partial charge in [0.2, 0.25) is 5.16 Å². The number of aromatic nitrogens is 3. The van der Waals surface area contributed by atoms with Gasteiger partial charge in [-0.2, -0.15) is 9.78 Å². The standard InChI is InChI=1S/C19H18BrFN4S/c1-2-5-18-23-24-19(26-13-14-8-10-16(20)11-9-14)25(18)22-12-15-6-3-4-7-17(15)21/h3-4,6-12H,2,5,13H2,1H3/b22-12-. The van der Waals surface area contributed by atoms with Gasteiger partial charge in [0.1, 0.15) is 5.82 Å². The van der Waals surface area contributed by atoms with Gasteiger partial charge in [-0.15, -0.1) is 10.2 Å². The van der Waals surface area contributed by atoms with Crippen molar-refractivity contribution in [3.05, 3.63) is 75.8 Å². The zero-order valence-corrected chi connectivity index (χ0v) is 16.7. The van der Waals surface area contributed by atoms with Gasteiger partial charge in [-0.3, -0.25) is 0 Å². The van der Waals surface area contributed by atoms with E-state index in [9.17, 15) is 4.39 Å². The molecule has 26 heavy (non-hydrogen) atoms. The molecule has 1 aromatic heterocycles. The molecule has 0 aliphatic rings. The minimum Gasteiger partial charge on any atom is -0.206 e. The van der Waals surface area contributed by atoms with Crippen molar-refractivity contribution in [3.8, 4) is 0 Å². The maximum absolute atomic E-state index is 13.8. The molecule has 0 amide bonds. The summed E-state index contributed by atoms with van der Waals surface area (Å²) in [5.74, 6) is 1.23. The summed E-state index contributed by atoms with van der Waals surface area (Å²) in [4.78, 5) is 0. The molecule has 0 aliphatic heterocycles. The van der Waals surface area contributed by atoms with Gasteiger partial charge in [-0.1, -0.05) is 64.9 Å². The second-order valence-corrected chi connectivity index (χ2v) is 7.50. The van der Waals surface area contributed by atoms with Crippen LogP contribution in [-0.2, 0) is 12.2 Å². The van der Waals surface area contributed by atoms with Crippen molar-refractivity contribution >= 4 is 33.9 Å². The Hall–Kier alpha value is -1.99. The van der Waals surface area contributed by atoms with Gasteiger partial charge in [0, 0.05) is 22.2 Å². The minimum atomic E-state index is -0.301. The van der Waals surface area contributed by atoms with E-state index in [2.05, 4.69) is 50.3 Å². The molecule has 4 nitrogen and oxygen atoms in total. The quantitative estimate of drug-likeness (QED) is 0.375. The lowest BCUT2D eigenvalue weighted by molar-refractivity contribution is 0.625. The van der Waals surface area contributed by atoms with E-state index in [1.807, 2.05) is 12.1 Å². The van der Waals surface area contributed by atoms with Crippen LogP contribution in [0.2, 0.25) is 0 Å². The summed E-state index contributed by atoms with van der Waals surface area (Å²) < 4.78 is 16.6. The Bertz CT molecular complexity index is 893. The van der Waals surface area contributed by atoms with Crippen LogP contribution >= 0.6 is 27.7 Å².